The van der Waals surface area contributed by atoms with Crippen LogP contribution in [0.2, 0.25) is 0 Å². The number of nitrogens with one attached hydrogen (secondary N) is 1. The second-order valence-electron chi connectivity index (χ2n) is 7.79. The zero-order chi connectivity index (χ0) is 18.1. The highest BCUT2D eigenvalue weighted by Gasteiger charge is 2.19. The number of aromatic nitrogens is 1. The molecule has 28 heavy (non-hydrogen) atoms. The third-order valence-corrected chi connectivity index (χ3v) is 6.21. The van der Waals surface area contributed by atoms with Crippen molar-refractivity contribution in [1.82, 2.24) is 9.88 Å². The highest BCUT2D eigenvalue weighted by Crippen LogP contribution is 2.31. The van der Waals surface area contributed by atoms with Crippen molar-refractivity contribution in [3.63, 3.8) is 0 Å². The van der Waals surface area contributed by atoms with Gasteiger partial charge in [0.1, 0.15) is 12.4 Å². The average molecular weight is 397 g/mol. The molecule has 1 aromatic heterocycles. The molecule has 0 spiro atoms. The van der Waals surface area contributed by atoms with Gasteiger partial charge in [0.15, 0.2) is 0 Å². The van der Waals surface area contributed by atoms with Gasteiger partial charge in [-0.05, 0) is 67.5 Å². The van der Waals surface area contributed by atoms with Crippen molar-refractivity contribution in [2.45, 2.75) is 45.1 Å². The Kier molecular flexibility index (Phi) is 5.93. The van der Waals surface area contributed by atoms with Crippen LogP contribution in [0.25, 0.3) is 10.9 Å². The number of fused-ring (bicyclic) bond motifs is 4. The number of hydrogen-bond acceptors (Lipinski definition) is 2. The first kappa shape index (κ1) is 19.4. The largest absolute Gasteiger partial charge is 0.491 e. The molecule has 4 heteroatoms. The lowest BCUT2D eigenvalue weighted by molar-refractivity contribution is 0.294. The second-order valence-corrected chi connectivity index (χ2v) is 7.79. The van der Waals surface area contributed by atoms with Crippen LogP contribution in [0.4, 0.5) is 0 Å². The molecule has 0 radical (unpaired) electrons. The zero-order valence-corrected chi connectivity index (χ0v) is 17.2. The van der Waals surface area contributed by atoms with Crippen LogP contribution in [0.3, 0.4) is 0 Å². The van der Waals surface area contributed by atoms with E-state index in [1.807, 2.05) is 0 Å². The second kappa shape index (κ2) is 8.59. The number of aryl methyl sites for hydroxylation is 1. The summed E-state index contributed by atoms with van der Waals surface area (Å²) >= 11 is 0. The maximum Gasteiger partial charge on any atom is 0.122 e. The molecule has 0 saturated heterocycles. The molecule has 3 aromatic rings. The van der Waals surface area contributed by atoms with Gasteiger partial charge >= 0.3 is 0 Å². The van der Waals surface area contributed by atoms with Crippen molar-refractivity contribution in [2.75, 3.05) is 19.7 Å². The first-order chi connectivity index (χ1) is 13.4. The van der Waals surface area contributed by atoms with Crippen LogP contribution in [0.1, 0.15) is 35.2 Å². The predicted molar refractivity (Wildman–Crippen MR) is 118 cm³/mol. The quantitative estimate of drug-likeness (QED) is 0.691. The van der Waals surface area contributed by atoms with Crippen molar-refractivity contribution in [3.05, 3.63) is 64.8 Å². The molecule has 3 nitrogen and oxygen atoms in total. The standard InChI is InChI=1S/C24H28N2O.ClH/c1-2-8-19-18(6-1)7-5-11-24(19)27-17-16-26-22-10-4-3-9-20(22)21-12-14-25-15-13-23(21)26;/h3-5,7,9-11,25H,1-2,6,8,12-17H2;1H. The van der Waals surface area contributed by atoms with E-state index in [1.165, 1.54) is 59.0 Å². The van der Waals surface area contributed by atoms with E-state index in [0.29, 0.717) is 0 Å². The molecule has 1 aliphatic carbocycles. The summed E-state index contributed by atoms with van der Waals surface area (Å²) < 4.78 is 8.82. The lowest BCUT2D eigenvalue weighted by Crippen LogP contribution is -2.18. The Morgan fingerprint density at radius 3 is 2.68 bits per heavy atom. The summed E-state index contributed by atoms with van der Waals surface area (Å²) in [6.45, 7) is 3.79. The lowest BCUT2D eigenvalue weighted by atomic mass is 9.91. The highest BCUT2D eigenvalue weighted by atomic mass is 35.5. The summed E-state index contributed by atoms with van der Waals surface area (Å²) in [5.74, 6) is 1.11. The Hall–Kier alpha value is -1.97. The Labute approximate surface area is 173 Å². The Bertz CT molecular complexity index is 963. The lowest BCUT2D eigenvalue weighted by Gasteiger charge is -2.20. The van der Waals surface area contributed by atoms with Gasteiger partial charge in [0.05, 0.1) is 6.54 Å². The molecule has 0 saturated carbocycles. The van der Waals surface area contributed by atoms with Gasteiger partial charge in [0, 0.05) is 29.6 Å². The molecular weight excluding hydrogens is 368 g/mol. The van der Waals surface area contributed by atoms with Crippen molar-refractivity contribution in [1.29, 1.82) is 0 Å². The first-order valence-electron chi connectivity index (χ1n) is 10.4. The van der Waals surface area contributed by atoms with Gasteiger partial charge in [-0.3, -0.25) is 0 Å². The SMILES string of the molecule is Cl.c1cc2c(c(OCCn3c4c(c5ccccc53)CCNCC4)c1)CCCC2. The molecule has 5 rings (SSSR count). The van der Waals surface area contributed by atoms with Gasteiger partial charge < -0.3 is 14.6 Å². The van der Waals surface area contributed by atoms with Crippen molar-refractivity contribution < 1.29 is 4.74 Å². The minimum atomic E-state index is 0. The van der Waals surface area contributed by atoms with Gasteiger partial charge in [-0.1, -0.05) is 30.3 Å². The van der Waals surface area contributed by atoms with Crippen LogP contribution in [-0.4, -0.2) is 24.3 Å². The monoisotopic (exact) mass is 396 g/mol. The van der Waals surface area contributed by atoms with Crippen LogP contribution in [0.15, 0.2) is 42.5 Å². The van der Waals surface area contributed by atoms with Crippen LogP contribution in [0, 0.1) is 0 Å². The summed E-state index contributed by atoms with van der Waals surface area (Å²) in [6.07, 6.45) is 7.19. The summed E-state index contributed by atoms with van der Waals surface area (Å²) in [4.78, 5) is 0. The van der Waals surface area contributed by atoms with Crippen LogP contribution < -0.4 is 10.1 Å². The Morgan fingerprint density at radius 2 is 1.71 bits per heavy atom. The molecule has 1 aliphatic heterocycles. The number of rotatable bonds is 4. The van der Waals surface area contributed by atoms with E-state index in [4.69, 9.17) is 4.74 Å². The van der Waals surface area contributed by atoms with E-state index in [0.717, 1.165) is 44.8 Å². The number of nitrogens with zero attached hydrogens (tertiary/aromatic N) is 1. The van der Waals surface area contributed by atoms with Crippen LogP contribution >= 0.6 is 12.4 Å². The summed E-state index contributed by atoms with van der Waals surface area (Å²) in [7, 11) is 0. The van der Waals surface area contributed by atoms with Gasteiger partial charge in [0.25, 0.3) is 0 Å². The highest BCUT2D eigenvalue weighted by molar-refractivity contribution is 5.86. The third-order valence-electron chi connectivity index (χ3n) is 6.21. The molecule has 2 heterocycles. The predicted octanol–water partition coefficient (Wildman–Crippen LogP) is 4.71. The fourth-order valence-corrected chi connectivity index (χ4v) is 4.92. The van der Waals surface area contributed by atoms with Crippen molar-refractivity contribution >= 4 is 23.3 Å². The molecule has 0 bridgehead atoms. The molecule has 0 amide bonds. The molecule has 2 aliphatic rings. The molecular formula is C24H29ClN2O. The number of ether oxygens (including phenoxy) is 1. The molecule has 1 N–H and O–H groups in total. The van der Waals surface area contributed by atoms with E-state index in [1.54, 1.807) is 0 Å². The van der Waals surface area contributed by atoms with Gasteiger partial charge in [-0.2, -0.15) is 0 Å². The number of benzene rings is 2. The average Bonchev–Trinajstić information content (AvgIpc) is 2.85. The van der Waals surface area contributed by atoms with Crippen LogP contribution in [0.5, 0.6) is 5.75 Å². The molecule has 0 unspecified atom stereocenters. The normalized spacial score (nSPS) is 16.0. The summed E-state index contributed by atoms with van der Waals surface area (Å²) in [6, 6.07) is 15.5. The van der Waals surface area contributed by atoms with E-state index in [-0.39, 0.29) is 12.4 Å². The summed E-state index contributed by atoms with van der Waals surface area (Å²) in [5, 5.41) is 4.97. The zero-order valence-electron chi connectivity index (χ0n) is 16.4. The van der Waals surface area contributed by atoms with Gasteiger partial charge in [0.2, 0.25) is 0 Å². The van der Waals surface area contributed by atoms with E-state index in [2.05, 4.69) is 52.3 Å². The fraction of sp³-hybridized carbons (Fsp3) is 0.417. The van der Waals surface area contributed by atoms with E-state index >= 15 is 0 Å². The molecule has 148 valence electrons. The van der Waals surface area contributed by atoms with Gasteiger partial charge in [-0.25, -0.2) is 0 Å². The number of halogens is 1. The summed E-state index contributed by atoms with van der Waals surface area (Å²) in [5.41, 5.74) is 7.34. The topological polar surface area (TPSA) is 26.2 Å². The van der Waals surface area contributed by atoms with Crippen LogP contribution in [-0.2, 0) is 32.2 Å². The molecule has 0 atom stereocenters. The van der Waals surface area contributed by atoms with Crippen molar-refractivity contribution in [2.24, 2.45) is 0 Å². The minimum Gasteiger partial charge on any atom is -0.491 e. The van der Waals surface area contributed by atoms with E-state index < -0.39 is 0 Å². The van der Waals surface area contributed by atoms with E-state index in [9.17, 15) is 0 Å². The number of para-hydroxylation sites is 1. The van der Waals surface area contributed by atoms with Gasteiger partial charge in [-0.15, -0.1) is 12.4 Å². The smallest absolute Gasteiger partial charge is 0.122 e. The fourth-order valence-electron chi connectivity index (χ4n) is 4.92. The van der Waals surface area contributed by atoms with Crippen molar-refractivity contribution in [3.8, 4) is 5.75 Å². The number of hydrogen-bond donors (Lipinski definition) is 1. The third kappa shape index (κ3) is 3.54. The molecule has 2 aromatic carbocycles. The first-order valence-corrected chi connectivity index (χ1v) is 10.4. The molecule has 0 fully saturated rings. The maximum absolute atomic E-state index is 6.31. The minimum absolute atomic E-state index is 0. The maximum atomic E-state index is 6.31. The Morgan fingerprint density at radius 1 is 0.857 bits per heavy atom. The Balaban J connectivity index is 0.00000192.